The molecule has 0 unspecified atom stereocenters. The third kappa shape index (κ3) is 2.70. The van der Waals surface area contributed by atoms with Gasteiger partial charge < -0.3 is 5.11 Å². The first-order chi connectivity index (χ1) is 9.59. The summed E-state index contributed by atoms with van der Waals surface area (Å²) in [5.74, 6) is -0.991. The zero-order valence-corrected chi connectivity index (χ0v) is 11.6. The lowest BCUT2D eigenvalue weighted by Crippen LogP contribution is -2.19. The Bertz CT molecular complexity index is 519. The largest absolute Gasteiger partial charge is 0.481 e. The van der Waals surface area contributed by atoms with Crippen molar-refractivity contribution in [1.29, 1.82) is 0 Å². The minimum absolute atomic E-state index is 0.109. The van der Waals surface area contributed by atoms with Crippen LogP contribution in [0.25, 0.3) is 0 Å². The van der Waals surface area contributed by atoms with Crippen molar-refractivity contribution in [2.75, 3.05) is 13.1 Å². The third-order valence-electron chi connectivity index (χ3n) is 4.60. The van der Waals surface area contributed by atoms with Gasteiger partial charge in [0.1, 0.15) is 5.82 Å². The number of hydrogen-bond donors (Lipinski definition) is 1. The van der Waals surface area contributed by atoms with E-state index in [2.05, 4.69) is 4.90 Å². The summed E-state index contributed by atoms with van der Waals surface area (Å²) in [7, 11) is 0. The van der Waals surface area contributed by atoms with Gasteiger partial charge in [0.25, 0.3) is 0 Å². The van der Waals surface area contributed by atoms with E-state index in [1.54, 1.807) is 6.07 Å². The van der Waals surface area contributed by atoms with E-state index in [9.17, 15) is 9.18 Å². The molecule has 1 aromatic carbocycles. The highest BCUT2D eigenvalue weighted by molar-refractivity contribution is 5.70. The normalized spacial score (nSPS) is 21.1. The summed E-state index contributed by atoms with van der Waals surface area (Å²) in [5, 5.41) is 8.96. The van der Waals surface area contributed by atoms with Crippen LogP contribution in [0.2, 0.25) is 0 Å². The Balaban J connectivity index is 1.75. The molecule has 3 nitrogen and oxygen atoms in total. The highest BCUT2D eigenvalue weighted by Gasteiger charge is 2.46. The molecule has 1 heterocycles. The molecule has 0 bridgehead atoms. The monoisotopic (exact) mass is 277 g/mol. The number of likely N-dealkylation sites (tertiary alicyclic amines) is 1. The topological polar surface area (TPSA) is 40.5 Å². The predicted molar refractivity (Wildman–Crippen MR) is 74.1 cm³/mol. The van der Waals surface area contributed by atoms with Crippen molar-refractivity contribution in [2.24, 2.45) is 0 Å². The highest BCUT2D eigenvalue weighted by Crippen LogP contribution is 2.51. The van der Waals surface area contributed by atoms with E-state index < -0.39 is 5.97 Å². The van der Waals surface area contributed by atoms with Crippen molar-refractivity contribution in [2.45, 2.75) is 44.1 Å². The molecule has 0 atom stereocenters. The number of aliphatic carboxylic acids is 1. The first-order valence-corrected chi connectivity index (χ1v) is 7.32. The van der Waals surface area contributed by atoms with Gasteiger partial charge in [-0.3, -0.25) is 9.69 Å². The number of carbonyl (C=O) groups is 1. The molecule has 1 aromatic rings. The number of halogens is 1. The van der Waals surface area contributed by atoms with Crippen LogP contribution in [0.1, 0.15) is 43.2 Å². The second kappa shape index (κ2) is 5.17. The molecule has 0 amide bonds. The molecule has 3 rings (SSSR count). The maximum absolute atomic E-state index is 14.2. The molecule has 2 aliphatic rings. The van der Waals surface area contributed by atoms with Crippen molar-refractivity contribution in [3.05, 3.63) is 35.1 Å². The van der Waals surface area contributed by atoms with Crippen LogP contribution in [0.3, 0.4) is 0 Å². The van der Waals surface area contributed by atoms with Gasteiger partial charge in [-0.05, 0) is 50.4 Å². The van der Waals surface area contributed by atoms with Crippen LogP contribution in [0.15, 0.2) is 18.2 Å². The molecular weight excluding hydrogens is 257 g/mol. The van der Waals surface area contributed by atoms with Gasteiger partial charge in [-0.1, -0.05) is 12.1 Å². The van der Waals surface area contributed by atoms with E-state index in [-0.39, 0.29) is 17.7 Å². The summed E-state index contributed by atoms with van der Waals surface area (Å²) in [4.78, 5) is 13.2. The molecule has 4 heteroatoms. The molecule has 20 heavy (non-hydrogen) atoms. The van der Waals surface area contributed by atoms with Crippen LogP contribution in [0.4, 0.5) is 4.39 Å². The highest BCUT2D eigenvalue weighted by atomic mass is 19.1. The van der Waals surface area contributed by atoms with Crippen molar-refractivity contribution >= 4 is 5.97 Å². The van der Waals surface area contributed by atoms with Gasteiger partial charge in [-0.2, -0.15) is 0 Å². The zero-order valence-electron chi connectivity index (χ0n) is 11.6. The Hall–Kier alpha value is -1.42. The number of rotatable bonds is 5. The lowest BCUT2D eigenvalue weighted by atomic mass is 9.91. The van der Waals surface area contributed by atoms with Gasteiger partial charge in [0.05, 0.1) is 6.42 Å². The number of benzene rings is 1. The SMILES string of the molecule is O=C(O)CC1(c2ccc(CN3CCCC3)c(F)c2)CC1. The van der Waals surface area contributed by atoms with Crippen molar-refractivity contribution in [3.63, 3.8) is 0 Å². The minimum Gasteiger partial charge on any atom is -0.481 e. The summed E-state index contributed by atoms with van der Waals surface area (Å²) < 4.78 is 14.2. The summed E-state index contributed by atoms with van der Waals surface area (Å²) in [6.45, 7) is 2.76. The Morgan fingerprint density at radius 2 is 2.00 bits per heavy atom. The first-order valence-electron chi connectivity index (χ1n) is 7.32. The van der Waals surface area contributed by atoms with Crippen LogP contribution in [0.5, 0.6) is 0 Å². The van der Waals surface area contributed by atoms with Crippen LogP contribution < -0.4 is 0 Å². The quantitative estimate of drug-likeness (QED) is 0.899. The fourth-order valence-corrected chi connectivity index (χ4v) is 3.19. The molecule has 0 aromatic heterocycles. The van der Waals surface area contributed by atoms with Gasteiger partial charge in [-0.15, -0.1) is 0 Å². The lowest BCUT2D eigenvalue weighted by Gasteiger charge is -2.17. The summed E-state index contributed by atoms with van der Waals surface area (Å²) in [6.07, 6.45) is 4.20. The average molecular weight is 277 g/mol. The van der Waals surface area contributed by atoms with Gasteiger partial charge in [0.15, 0.2) is 0 Å². The molecule has 0 radical (unpaired) electrons. The fraction of sp³-hybridized carbons (Fsp3) is 0.562. The van der Waals surface area contributed by atoms with Gasteiger partial charge in [0.2, 0.25) is 0 Å². The smallest absolute Gasteiger partial charge is 0.304 e. The predicted octanol–water partition coefficient (Wildman–Crippen LogP) is 2.93. The number of nitrogens with zero attached hydrogens (tertiary/aromatic N) is 1. The van der Waals surface area contributed by atoms with E-state index in [0.717, 1.165) is 37.1 Å². The maximum Gasteiger partial charge on any atom is 0.304 e. The summed E-state index contributed by atoms with van der Waals surface area (Å²) >= 11 is 0. The fourth-order valence-electron chi connectivity index (χ4n) is 3.19. The number of hydrogen-bond acceptors (Lipinski definition) is 2. The summed E-state index contributed by atoms with van der Waals surface area (Å²) in [5.41, 5.74) is 1.27. The lowest BCUT2D eigenvalue weighted by molar-refractivity contribution is -0.137. The van der Waals surface area contributed by atoms with Crippen LogP contribution in [0, 0.1) is 5.82 Å². The third-order valence-corrected chi connectivity index (χ3v) is 4.60. The van der Waals surface area contributed by atoms with Crippen LogP contribution in [-0.2, 0) is 16.8 Å². The summed E-state index contributed by atoms with van der Waals surface area (Å²) in [6, 6.07) is 5.32. The second-order valence-corrected chi connectivity index (χ2v) is 6.14. The molecule has 1 saturated carbocycles. The van der Waals surface area contributed by atoms with E-state index in [1.807, 2.05) is 12.1 Å². The minimum atomic E-state index is -0.802. The molecule has 2 fully saturated rings. The van der Waals surface area contributed by atoms with Crippen molar-refractivity contribution in [1.82, 2.24) is 4.90 Å². The molecule has 0 spiro atoms. The van der Waals surface area contributed by atoms with Crippen molar-refractivity contribution < 1.29 is 14.3 Å². The number of carboxylic acids is 1. The molecule has 1 aliphatic heterocycles. The van der Waals surface area contributed by atoms with Crippen LogP contribution >= 0.6 is 0 Å². The average Bonchev–Trinajstić information content (AvgIpc) is 2.98. The maximum atomic E-state index is 14.2. The molecule has 1 aliphatic carbocycles. The van der Waals surface area contributed by atoms with E-state index in [4.69, 9.17) is 5.11 Å². The molecule has 1 N–H and O–H groups in total. The van der Waals surface area contributed by atoms with Gasteiger partial charge >= 0.3 is 5.97 Å². The molecule has 1 saturated heterocycles. The van der Waals surface area contributed by atoms with Gasteiger partial charge in [-0.25, -0.2) is 4.39 Å². The van der Waals surface area contributed by atoms with E-state index in [0.29, 0.717) is 6.54 Å². The van der Waals surface area contributed by atoms with Crippen LogP contribution in [-0.4, -0.2) is 29.1 Å². The Morgan fingerprint density at radius 3 is 2.55 bits per heavy atom. The number of carboxylic acid groups (broad SMARTS) is 1. The Kier molecular flexibility index (Phi) is 3.50. The first kappa shape index (κ1) is 13.6. The van der Waals surface area contributed by atoms with E-state index >= 15 is 0 Å². The standard InChI is InChI=1S/C16H20FNO2/c17-14-9-13(16(5-6-16)10-15(19)20)4-3-12(14)11-18-7-1-2-8-18/h3-4,9H,1-2,5-8,10-11H2,(H,19,20). The van der Waals surface area contributed by atoms with Crippen molar-refractivity contribution in [3.8, 4) is 0 Å². The van der Waals surface area contributed by atoms with Gasteiger partial charge in [0, 0.05) is 17.5 Å². The Morgan fingerprint density at radius 1 is 1.30 bits per heavy atom. The zero-order chi connectivity index (χ0) is 14.2. The second-order valence-electron chi connectivity index (χ2n) is 6.14. The molecular formula is C16H20FNO2. The molecule has 108 valence electrons. The van der Waals surface area contributed by atoms with E-state index in [1.165, 1.54) is 12.8 Å². The Labute approximate surface area is 118 Å².